The number of nitrogens with zero attached hydrogens (tertiary/aromatic N) is 1. The molecule has 0 saturated carbocycles. The summed E-state index contributed by atoms with van der Waals surface area (Å²) in [7, 11) is 5.90. The molecule has 0 aliphatic carbocycles. The van der Waals surface area contributed by atoms with E-state index in [9.17, 15) is 19.5 Å². The van der Waals surface area contributed by atoms with Crippen molar-refractivity contribution in [3.63, 3.8) is 0 Å². The molecule has 9 heteroatoms. The zero-order chi connectivity index (χ0) is 54.8. The van der Waals surface area contributed by atoms with Crippen LogP contribution in [0.5, 0.6) is 0 Å². The van der Waals surface area contributed by atoms with Gasteiger partial charge in [0.15, 0.2) is 12.4 Å². The summed E-state index contributed by atoms with van der Waals surface area (Å²) in [5.41, 5.74) is 0. The zero-order valence-corrected chi connectivity index (χ0v) is 48.4. The largest absolute Gasteiger partial charge is 0.545 e. The van der Waals surface area contributed by atoms with Crippen molar-refractivity contribution in [2.24, 2.45) is 0 Å². The number of carbonyl (C=O) groups excluding carboxylic acids is 3. The Morgan fingerprint density at radius 3 is 1.15 bits per heavy atom. The minimum Gasteiger partial charge on any atom is -0.545 e. The Bertz CT molecular complexity index is 1640. The minimum atomic E-state index is -1.64. The summed E-state index contributed by atoms with van der Waals surface area (Å²) >= 11 is 0. The maximum atomic E-state index is 12.9. The highest BCUT2D eigenvalue weighted by Gasteiger charge is 2.22. The van der Waals surface area contributed by atoms with Gasteiger partial charge < -0.3 is 33.3 Å². The minimum absolute atomic E-state index is 0.137. The van der Waals surface area contributed by atoms with Crippen LogP contribution in [0, 0.1) is 0 Å². The van der Waals surface area contributed by atoms with E-state index in [0.717, 1.165) is 122 Å². The van der Waals surface area contributed by atoms with Crippen LogP contribution in [-0.2, 0) is 33.3 Å². The van der Waals surface area contributed by atoms with Gasteiger partial charge in [-0.25, -0.2) is 0 Å². The van der Waals surface area contributed by atoms with E-state index in [-0.39, 0.29) is 38.6 Å². The summed E-state index contributed by atoms with van der Waals surface area (Å²) in [6, 6.07) is 0. The van der Waals surface area contributed by atoms with Crippen LogP contribution < -0.4 is 5.11 Å². The van der Waals surface area contributed by atoms with Crippen molar-refractivity contribution in [2.45, 2.75) is 232 Å². The lowest BCUT2D eigenvalue weighted by atomic mass is 10.1. The highest BCUT2D eigenvalue weighted by molar-refractivity contribution is 5.70. The van der Waals surface area contributed by atoms with Crippen LogP contribution in [0.15, 0.2) is 122 Å². The molecule has 9 nitrogen and oxygen atoms in total. The maximum absolute atomic E-state index is 12.9. The topological polar surface area (TPSA) is 111 Å². The smallest absolute Gasteiger partial charge is 0.306 e. The molecule has 0 aromatic heterocycles. The van der Waals surface area contributed by atoms with Gasteiger partial charge in [-0.05, 0) is 109 Å². The molecule has 2 atom stereocenters. The molecule has 0 heterocycles. The molecule has 0 bridgehead atoms. The van der Waals surface area contributed by atoms with Gasteiger partial charge in [-0.1, -0.05) is 219 Å². The number of hydrogen-bond donors (Lipinski definition) is 0. The van der Waals surface area contributed by atoms with Crippen molar-refractivity contribution >= 4 is 17.9 Å². The molecule has 75 heavy (non-hydrogen) atoms. The van der Waals surface area contributed by atoms with Crippen molar-refractivity contribution in [1.82, 2.24) is 0 Å². The van der Waals surface area contributed by atoms with Gasteiger partial charge >= 0.3 is 11.9 Å². The Morgan fingerprint density at radius 2 is 0.760 bits per heavy atom. The van der Waals surface area contributed by atoms with Crippen molar-refractivity contribution < 1.29 is 42.9 Å². The second kappa shape index (κ2) is 55.9. The highest BCUT2D eigenvalue weighted by Crippen LogP contribution is 2.14. The molecule has 0 aromatic carbocycles. The molecule has 0 aliphatic heterocycles. The zero-order valence-electron chi connectivity index (χ0n) is 48.4. The number of carbonyl (C=O) groups is 3. The van der Waals surface area contributed by atoms with Crippen molar-refractivity contribution in [1.29, 1.82) is 0 Å². The number of esters is 2. The van der Waals surface area contributed by atoms with Gasteiger partial charge in [0, 0.05) is 12.8 Å². The summed E-state index contributed by atoms with van der Waals surface area (Å²) < 4.78 is 22.7. The first-order valence-electron chi connectivity index (χ1n) is 29.7. The average molecular weight is 1040 g/mol. The molecule has 0 rings (SSSR count). The van der Waals surface area contributed by atoms with E-state index in [1.807, 2.05) is 21.1 Å². The Hall–Kier alpha value is -4.31. The van der Waals surface area contributed by atoms with Gasteiger partial charge in [0.25, 0.3) is 0 Å². The molecule has 0 amide bonds. The van der Waals surface area contributed by atoms with E-state index in [0.29, 0.717) is 17.4 Å². The number of quaternary nitrogens is 1. The molecule has 0 saturated heterocycles. The van der Waals surface area contributed by atoms with Gasteiger partial charge in [0.1, 0.15) is 13.2 Å². The number of rotatable bonds is 53. The van der Waals surface area contributed by atoms with Gasteiger partial charge in [-0.3, -0.25) is 9.59 Å². The summed E-state index contributed by atoms with van der Waals surface area (Å²) in [4.78, 5) is 37.3. The number of ether oxygens (including phenoxy) is 4. The predicted molar refractivity (Wildman–Crippen MR) is 315 cm³/mol. The molecule has 0 fully saturated rings. The van der Waals surface area contributed by atoms with E-state index in [1.54, 1.807) is 0 Å². The monoisotopic (exact) mass is 1040 g/mol. The molecule has 0 spiro atoms. The number of hydrogen-bond acceptors (Lipinski definition) is 8. The number of carboxylic acids is 1. The second-order valence-electron chi connectivity index (χ2n) is 20.5. The van der Waals surface area contributed by atoms with E-state index in [4.69, 9.17) is 18.9 Å². The van der Waals surface area contributed by atoms with Crippen LogP contribution in [0.2, 0.25) is 0 Å². The fraction of sp³-hybridized carbons (Fsp3) is 0.652. The predicted octanol–water partition coefficient (Wildman–Crippen LogP) is 16.3. The van der Waals surface area contributed by atoms with Crippen LogP contribution in [0.25, 0.3) is 0 Å². The molecule has 0 radical (unpaired) electrons. The number of allylic oxidation sites excluding steroid dienone is 20. The first-order chi connectivity index (χ1) is 36.6. The lowest BCUT2D eigenvalue weighted by molar-refractivity contribution is -0.870. The summed E-state index contributed by atoms with van der Waals surface area (Å²) in [6.45, 7) is 4.59. The summed E-state index contributed by atoms with van der Waals surface area (Å²) in [5, 5.41) is 11.8. The third kappa shape index (κ3) is 57.2. The first kappa shape index (κ1) is 70.7. The Balaban J connectivity index is 4.31. The van der Waals surface area contributed by atoms with Crippen molar-refractivity contribution in [2.75, 3.05) is 47.5 Å². The fourth-order valence-corrected chi connectivity index (χ4v) is 7.64. The Labute approximate surface area is 459 Å². The fourth-order valence-electron chi connectivity index (χ4n) is 7.64. The molecule has 0 aliphatic rings. The number of carboxylic acid groups (broad SMARTS) is 1. The van der Waals surface area contributed by atoms with Crippen LogP contribution >= 0.6 is 0 Å². The van der Waals surface area contributed by atoms with Gasteiger partial charge in [0.2, 0.25) is 0 Å². The first-order valence-corrected chi connectivity index (χ1v) is 29.7. The van der Waals surface area contributed by atoms with Crippen LogP contribution in [-0.4, -0.2) is 82.3 Å². The van der Waals surface area contributed by atoms with Crippen LogP contribution in [0.1, 0.15) is 219 Å². The van der Waals surface area contributed by atoms with Crippen molar-refractivity contribution in [3.05, 3.63) is 122 Å². The average Bonchev–Trinajstić information content (AvgIpc) is 3.38. The van der Waals surface area contributed by atoms with E-state index in [1.165, 1.54) is 64.2 Å². The summed E-state index contributed by atoms with van der Waals surface area (Å²) in [5.74, 6) is -2.33. The number of aliphatic carboxylic acids is 1. The third-order valence-corrected chi connectivity index (χ3v) is 12.2. The number of unbranched alkanes of at least 4 members (excludes halogenated alkanes) is 18. The molecule has 426 valence electrons. The van der Waals surface area contributed by atoms with Gasteiger partial charge in [-0.15, -0.1) is 0 Å². The van der Waals surface area contributed by atoms with Crippen LogP contribution in [0.4, 0.5) is 0 Å². The highest BCUT2D eigenvalue weighted by atomic mass is 16.7. The molecular weight excluding hydrogens is 935 g/mol. The third-order valence-electron chi connectivity index (χ3n) is 12.2. The normalized spacial score (nSPS) is 13.7. The van der Waals surface area contributed by atoms with E-state index < -0.39 is 24.3 Å². The lowest BCUT2D eigenvalue weighted by Crippen LogP contribution is -2.44. The standard InChI is InChI=1S/C66H109NO8/c1-6-8-10-12-14-16-18-20-22-24-25-26-27-28-29-30-31-32-33-34-35-36-37-38-39-41-43-45-47-49-51-53-55-57-64(69)75-62(61-74-66(65(70)71)72-59-58-67(3,4)5)60-73-63(68)56-54-52-50-48-46-44-42-40-23-21-19-17-15-13-11-9-7-2/h8,10,14,16,20-23,25-26,28-29,31-32,34-35,37-38,41,43,62,66H,6-7,9,11-13,15,17-19,24,27,30,33,36,39-40,42,44-61H2,1-5H3/b10-8-,16-14-,22-20-,23-21-,26-25-,29-28-,32-31-,35-34-,38-37-,43-41-. The van der Waals surface area contributed by atoms with Gasteiger partial charge in [-0.2, -0.15) is 0 Å². The molecular formula is C66H109NO8. The van der Waals surface area contributed by atoms with E-state index in [2.05, 4.69) is 135 Å². The molecule has 2 unspecified atom stereocenters. The Kier molecular flexibility index (Phi) is 52.7. The SMILES string of the molecule is CC/C=C\C/C=C\C/C=C\C/C=C\C/C=C\C/C=C\C/C=C\C/C=C\C/C=C\CCCCCCCC(=O)OC(COC(=O)CCCCCCCCC/C=C\CCCCCCCC)COC(OCC[N+](C)(C)C)C(=O)[O-]. The quantitative estimate of drug-likeness (QED) is 0.0195. The number of likely N-dealkylation sites (N-methyl/N-ethyl adjacent to an activating group) is 1. The van der Waals surface area contributed by atoms with Crippen LogP contribution in [0.3, 0.4) is 0 Å². The Morgan fingerprint density at radius 1 is 0.413 bits per heavy atom. The molecule has 0 aromatic rings. The summed E-state index contributed by atoms with van der Waals surface area (Å²) in [6.07, 6.45) is 75.3. The van der Waals surface area contributed by atoms with Gasteiger partial charge in [0.05, 0.1) is 40.3 Å². The maximum Gasteiger partial charge on any atom is 0.306 e. The molecule has 0 N–H and O–H groups in total. The second-order valence-corrected chi connectivity index (χ2v) is 20.5. The van der Waals surface area contributed by atoms with E-state index >= 15 is 0 Å². The lowest BCUT2D eigenvalue weighted by Gasteiger charge is -2.26. The van der Waals surface area contributed by atoms with Crippen molar-refractivity contribution in [3.8, 4) is 0 Å².